The fraction of sp³-hybridized carbons (Fsp3) is 0.333. The van der Waals surface area contributed by atoms with E-state index in [1.807, 2.05) is 26.0 Å². The highest BCUT2D eigenvalue weighted by Crippen LogP contribution is 2.17. The summed E-state index contributed by atoms with van der Waals surface area (Å²) in [6.45, 7) is 4.69. The van der Waals surface area contributed by atoms with E-state index in [-0.39, 0.29) is 5.56 Å². The maximum atomic E-state index is 11.7. The summed E-state index contributed by atoms with van der Waals surface area (Å²) in [5.74, 6) is 0. The van der Waals surface area contributed by atoms with Gasteiger partial charge in [0.15, 0.2) is 0 Å². The van der Waals surface area contributed by atoms with E-state index in [4.69, 9.17) is 4.42 Å². The van der Waals surface area contributed by atoms with Gasteiger partial charge in [-0.1, -0.05) is 19.1 Å². The van der Waals surface area contributed by atoms with E-state index >= 15 is 0 Å². The molecule has 0 amide bonds. The molecule has 2 aromatic rings. The lowest BCUT2D eigenvalue weighted by molar-refractivity contribution is 0.587. The number of benzene rings is 1. The Balaban J connectivity index is 2.57. The largest absolute Gasteiger partial charge is 0.425 e. The number of nitrogens with one attached hydrogen (secondary N) is 1. The molecule has 0 aliphatic heterocycles. The molecular weight excluding hydrogens is 204 g/mol. The Morgan fingerprint density at radius 3 is 3.00 bits per heavy atom. The number of aryl methyl sites for hydroxylation is 1. The molecule has 4 heteroatoms. The van der Waals surface area contributed by atoms with Crippen LogP contribution in [0.1, 0.15) is 18.9 Å². The van der Waals surface area contributed by atoms with Crippen LogP contribution in [-0.2, 0) is 0 Å². The molecule has 0 saturated heterocycles. The summed E-state index contributed by atoms with van der Waals surface area (Å²) in [5, 5.41) is 3.51. The van der Waals surface area contributed by atoms with Crippen molar-refractivity contribution in [3.63, 3.8) is 0 Å². The average molecular weight is 218 g/mol. The van der Waals surface area contributed by atoms with E-state index < -0.39 is 0 Å². The van der Waals surface area contributed by atoms with Gasteiger partial charge in [0, 0.05) is 6.54 Å². The molecule has 0 atom stereocenters. The smallest absolute Gasteiger partial charge is 0.298 e. The first-order valence-electron chi connectivity index (χ1n) is 5.36. The molecule has 4 nitrogen and oxygen atoms in total. The quantitative estimate of drug-likeness (QED) is 0.859. The van der Waals surface area contributed by atoms with E-state index in [9.17, 15) is 4.79 Å². The maximum Gasteiger partial charge on any atom is 0.298 e. The number of para-hydroxylation sites is 1. The first kappa shape index (κ1) is 10.7. The number of fused-ring (bicyclic) bond motifs is 1. The lowest BCUT2D eigenvalue weighted by Crippen LogP contribution is -2.11. The van der Waals surface area contributed by atoms with Gasteiger partial charge in [0.25, 0.3) is 11.6 Å². The van der Waals surface area contributed by atoms with Crippen molar-refractivity contribution < 1.29 is 4.42 Å². The molecular formula is C12H14N2O2. The number of aromatic nitrogens is 1. The van der Waals surface area contributed by atoms with Crippen LogP contribution in [0.2, 0.25) is 0 Å². The number of hydrogen-bond acceptors (Lipinski definition) is 4. The van der Waals surface area contributed by atoms with Gasteiger partial charge in [0.2, 0.25) is 0 Å². The van der Waals surface area contributed by atoms with Crippen molar-refractivity contribution in [1.29, 1.82) is 0 Å². The van der Waals surface area contributed by atoms with Gasteiger partial charge in [0.1, 0.15) is 5.58 Å². The van der Waals surface area contributed by atoms with Gasteiger partial charge in [0.05, 0.1) is 5.39 Å². The van der Waals surface area contributed by atoms with Gasteiger partial charge >= 0.3 is 0 Å². The topological polar surface area (TPSA) is 55.1 Å². The van der Waals surface area contributed by atoms with Crippen LogP contribution in [0, 0.1) is 6.92 Å². The summed E-state index contributed by atoms with van der Waals surface area (Å²) < 4.78 is 5.55. The van der Waals surface area contributed by atoms with E-state index in [2.05, 4.69) is 10.3 Å². The third-order valence-corrected chi connectivity index (χ3v) is 2.37. The molecule has 0 saturated carbocycles. The SMILES string of the molecule is CCCNc1nc(=O)c2cccc(C)c2o1. The average Bonchev–Trinajstić information content (AvgIpc) is 2.28. The van der Waals surface area contributed by atoms with Crippen molar-refractivity contribution in [2.45, 2.75) is 20.3 Å². The summed E-state index contributed by atoms with van der Waals surface area (Å²) >= 11 is 0. The fourth-order valence-electron chi connectivity index (χ4n) is 1.54. The normalized spacial score (nSPS) is 10.6. The van der Waals surface area contributed by atoms with Crippen molar-refractivity contribution in [3.05, 3.63) is 34.1 Å². The third-order valence-electron chi connectivity index (χ3n) is 2.37. The van der Waals surface area contributed by atoms with E-state index in [1.54, 1.807) is 6.07 Å². The summed E-state index contributed by atoms with van der Waals surface area (Å²) in [4.78, 5) is 15.6. The Morgan fingerprint density at radius 1 is 1.44 bits per heavy atom. The van der Waals surface area contributed by atoms with E-state index in [0.29, 0.717) is 17.0 Å². The first-order valence-corrected chi connectivity index (χ1v) is 5.36. The van der Waals surface area contributed by atoms with Crippen molar-refractivity contribution in [3.8, 4) is 0 Å². The predicted octanol–water partition coefficient (Wildman–Crippen LogP) is 2.32. The second kappa shape index (κ2) is 4.35. The van der Waals surface area contributed by atoms with Crippen LogP contribution in [-0.4, -0.2) is 11.5 Å². The van der Waals surface area contributed by atoms with Crippen LogP contribution < -0.4 is 10.9 Å². The molecule has 0 spiro atoms. The van der Waals surface area contributed by atoms with Crippen LogP contribution >= 0.6 is 0 Å². The summed E-state index contributed by atoms with van der Waals surface area (Å²) in [6.07, 6.45) is 0.956. The van der Waals surface area contributed by atoms with Crippen molar-refractivity contribution in [2.24, 2.45) is 0 Å². The molecule has 2 rings (SSSR count). The van der Waals surface area contributed by atoms with Gasteiger partial charge in [-0.05, 0) is 25.0 Å². The molecule has 0 bridgehead atoms. The monoisotopic (exact) mass is 218 g/mol. The molecule has 1 heterocycles. The molecule has 1 aromatic carbocycles. The minimum Gasteiger partial charge on any atom is -0.425 e. The van der Waals surface area contributed by atoms with Crippen molar-refractivity contribution in [2.75, 3.05) is 11.9 Å². The molecule has 1 aromatic heterocycles. The summed E-state index contributed by atoms with van der Waals surface area (Å²) in [5.41, 5.74) is 1.31. The summed E-state index contributed by atoms with van der Waals surface area (Å²) in [7, 11) is 0. The lowest BCUT2D eigenvalue weighted by Gasteiger charge is -2.04. The van der Waals surface area contributed by atoms with Gasteiger partial charge in [-0.3, -0.25) is 4.79 Å². The second-order valence-electron chi connectivity index (χ2n) is 3.70. The number of hydrogen-bond donors (Lipinski definition) is 1. The first-order chi connectivity index (χ1) is 7.72. The Bertz CT molecular complexity index is 560. The highest BCUT2D eigenvalue weighted by molar-refractivity contribution is 5.79. The molecule has 0 aliphatic rings. The van der Waals surface area contributed by atoms with Crippen LogP contribution in [0.5, 0.6) is 0 Å². The predicted molar refractivity (Wildman–Crippen MR) is 63.8 cm³/mol. The molecule has 0 radical (unpaired) electrons. The minimum atomic E-state index is -0.247. The zero-order valence-corrected chi connectivity index (χ0v) is 9.41. The summed E-state index contributed by atoms with van der Waals surface area (Å²) in [6, 6.07) is 5.77. The van der Waals surface area contributed by atoms with Crippen molar-refractivity contribution in [1.82, 2.24) is 4.98 Å². The molecule has 84 valence electrons. The number of nitrogens with zero attached hydrogens (tertiary/aromatic N) is 1. The zero-order valence-electron chi connectivity index (χ0n) is 9.41. The molecule has 16 heavy (non-hydrogen) atoms. The van der Waals surface area contributed by atoms with Gasteiger partial charge < -0.3 is 9.73 Å². The minimum absolute atomic E-state index is 0.247. The standard InChI is InChI=1S/C12H14N2O2/c1-3-7-13-12-14-11(15)9-6-4-5-8(2)10(9)16-12/h4-6H,3,7H2,1-2H3,(H,13,14,15). The molecule has 1 N–H and O–H groups in total. The van der Waals surface area contributed by atoms with Crippen molar-refractivity contribution >= 4 is 17.0 Å². The number of rotatable bonds is 3. The second-order valence-corrected chi connectivity index (χ2v) is 3.70. The zero-order chi connectivity index (χ0) is 11.5. The Hall–Kier alpha value is -1.84. The maximum absolute atomic E-state index is 11.7. The van der Waals surface area contributed by atoms with Crippen LogP contribution in [0.15, 0.2) is 27.4 Å². The van der Waals surface area contributed by atoms with Gasteiger partial charge in [-0.25, -0.2) is 0 Å². The van der Waals surface area contributed by atoms with Crippen LogP contribution in [0.25, 0.3) is 11.0 Å². The third kappa shape index (κ3) is 1.91. The number of anilines is 1. The van der Waals surface area contributed by atoms with E-state index in [0.717, 1.165) is 18.5 Å². The molecule has 0 unspecified atom stereocenters. The van der Waals surface area contributed by atoms with Crippen LogP contribution in [0.4, 0.5) is 6.01 Å². The molecule has 0 aliphatic carbocycles. The van der Waals surface area contributed by atoms with Crippen LogP contribution in [0.3, 0.4) is 0 Å². The van der Waals surface area contributed by atoms with E-state index in [1.165, 1.54) is 0 Å². The van der Waals surface area contributed by atoms with Gasteiger partial charge in [-0.2, -0.15) is 4.98 Å². The highest BCUT2D eigenvalue weighted by atomic mass is 16.4. The van der Waals surface area contributed by atoms with Gasteiger partial charge in [-0.15, -0.1) is 0 Å². The Labute approximate surface area is 93.3 Å². The highest BCUT2D eigenvalue weighted by Gasteiger charge is 2.07. The lowest BCUT2D eigenvalue weighted by atomic mass is 10.2. The Morgan fingerprint density at radius 2 is 2.25 bits per heavy atom. The molecule has 0 fully saturated rings. The Kier molecular flexibility index (Phi) is 2.90. The fourth-order valence-corrected chi connectivity index (χ4v) is 1.54.